The van der Waals surface area contributed by atoms with E-state index in [1.54, 1.807) is 6.26 Å². The molecule has 0 aliphatic carbocycles. The highest BCUT2D eigenvalue weighted by atomic mass is 32.2. The van der Waals surface area contributed by atoms with Crippen LogP contribution in [0.15, 0.2) is 0 Å². The summed E-state index contributed by atoms with van der Waals surface area (Å²) in [6, 6.07) is 0. The van der Waals surface area contributed by atoms with E-state index in [-0.39, 0.29) is 18.1 Å². The van der Waals surface area contributed by atoms with Crippen molar-refractivity contribution in [3.63, 3.8) is 0 Å². The molecule has 0 heterocycles. The normalized spacial score (nSPS) is 11.9. The van der Waals surface area contributed by atoms with Gasteiger partial charge in [-0.25, -0.2) is 0 Å². The Balaban J connectivity index is 3.40. The van der Waals surface area contributed by atoms with Gasteiger partial charge in [0.1, 0.15) is 5.78 Å². The van der Waals surface area contributed by atoms with E-state index in [0.29, 0.717) is 52.6 Å². The Kier molecular flexibility index (Phi) is 14.6. The fourth-order valence-electron chi connectivity index (χ4n) is 1.56. The zero-order valence-corrected chi connectivity index (χ0v) is 15.1. The topological polar surface area (TPSA) is 111 Å². The molecule has 1 amide bonds. The summed E-state index contributed by atoms with van der Waals surface area (Å²) in [5, 5.41) is 10.7. The van der Waals surface area contributed by atoms with Crippen LogP contribution in [0, 0.1) is 0 Å². The third-order valence-electron chi connectivity index (χ3n) is 2.83. The van der Waals surface area contributed by atoms with Crippen molar-refractivity contribution >= 4 is 29.4 Å². The summed E-state index contributed by atoms with van der Waals surface area (Å²) in [6.07, 6.45) is 1.92. The minimum Gasteiger partial charge on any atom is -0.481 e. The number of hydrogen-bond acceptors (Lipinski definition) is 7. The predicted octanol–water partition coefficient (Wildman–Crippen LogP) is 0.338. The summed E-state index contributed by atoms with van der Waals surface area (Å²) < 4.78 is 15.8. The lowest BCUT2D eigenvalue weighted by Gasteiger charge is -2.12. The summed E-state index contributed by atoms with van der Waals surface area (Å²) in [5.41, 5.74) is 0. The van der Waals surface area contributed by atoms with Gasteiger partial charge in [0.15, 0.2) is 0 Å². The van der Waals surface area contributed by atoms with Gasteiger partial charge in [0.25, 0.3) is 0 Å². The number of ether oxygens (including phenoxy) is 3. The van der Waals surface area contributed by atoms with Crippen molar-refractivity contribution in [2.45, 2.75) is 25.0 Å². The van der Waals surface area contributed by atoms with Crippen LogP contribution in [-0.4, -0.2) is 80.5 Å². The van der Waals surface area contributed by atoms with Crippen LogP contribution >= 0.6 is 11.8 Å². The van der Waals surface area contributed by atoms with Gasteiger partial charge in [0, 0.05) is 13.0 Å². The second-order valence-corrected chi connectivity index (χ2v) is 5.94. The minimum absolute atomic E-state index is 0.100. The molecule has 140 valence electrons. The minimum atomic E-state index is -0.997. The van der Waals surface area contributed by atoms with Crippen LogP contribution in [0.1, 0.15) is 19.8 Å². The SMILES string of the molecule is CSC(CC(=O)O)C(=O)NCCOCCOCCOCCC(C)=O. The molecule has 0 aliphatic heterocycles. The zero-order chi connectivity index (χ0) is 18.2. The Labute approximate surface area is 146 Å². The number of ketones is 1. The summed E-state index contributed by atoms with van der Waals surface area (Å²) >= 11 is 1.21. The molecular formula is C15H27NO7S. The molecule has 0 aromatic carbocycles. The van der Waals surface area contributed by atoms with Gasteiger partial charge in [-0.05, 0) is 13.2 Å². The number of aliphatic carboxylic acids is 1. The van der Waals surface area contributed by atoms with E-state index in [2.05, 4.69) is 5.32 Å². The van der Waals surface area contributed by atoms with Gasteiger partial charge in [0.05, 0.1) is 51.3 Å². The lowest BCUT2D eigenvalue weighted by atomic mass is 10.3. The fourth-order valence-corrected chi connectivity index (χ4v) is 2.17. The van der Waals surface area contributed by atoms with E-state index in [9.17, 15) is 14.4 Å². The summed E-state index contributed by atoms with van der Waals surface area (Å²) in [5.74, 6) is -1.20. The van der Waals surface area contributed by atoms with E-state index in [1.807, 2.05) is 0 Å². The molecule has 0 saturated heterocycles. The smallest absolute Gasteiger partial charge is 0.305 e. The Hall–Kier alpha value is -1.16. The van der Waals surface area contributed by atoms with Crippen LogP contribution in [0.25, 0.3) is 0 Å². The molecule has 0 saturated carbocycles. The van der Waals surface area contributed by atoms with E-state index in [4.69, 9.17) is 19.3 Å². The zero-order valence-electron chi connectivity index (χ0n) is 14.2. The van der Waals surface area contributed by atoms with Crippen molar-refractivity contribution in [3.05, 3.63) is 0 Å². The first-order valence-corrected chi connectivity index (χ1v) is 9.01. The van der Waals surface area contributed by atoms with E-state index < -0.39 is 11.2 Å². The fraction of sp³-hybridized carbons (Fsp3) is 0.800. The lowest BCUT2D eigenvalue weighted by Crippen LogP contribution is -2.36. The summed E-state index contributed by atoms with van der Waals surface area (Å²) in [4.78, 5) is 33.0. The monoisotopic (exact) mass is 365 g/mol. The Morgan fingerprint density at radius 2 is 1.54 bits per heavy atom. The van der Waals surface area contributed by atoms with Crippen molar-refractivity contribution in [3.8, 4) is 0 Å². The molecule has 1 unspecified atom stereocenters. The van der Waals surface area contributed by atoms with Gasteiger partial charge >= 0.3 is 5.97 Å². The van der Waals surface area contributed by atoms with Crippen molar-refractivity contribution in [1.29, 1.82) is 0 Å². The number of rotatable bonds is 16. The standard InChI is InChI=1S/C15H27NO7S/c1-12(17)3-5-21-7-9-23-10-8-22-6-4-16-15(20)13(24-2)11-14(18)19/h13H,3-11H2,1-2H3,(H,16,20)(H,18,19). The molecule has 0 radical (unpaired) electrons. The quantitative estimate of drug-likeness (QED) is 0.377. The predicted molar refractivity (Wildman–Crippen MR) is 90.3 cm³/mol. The van der Waals surface area contributed by atoms with Crippen molar-refractivity contribution in [2.24, 2.45) is 0 Å². The molecule has 0 aromatic rings. The van der Waals surface area contributed by atoms with E-state index in [0.717, 1.165) is 0 Å². The molecule has 2 N–H and O–H groups in total. The third kappa shape index (κ3) is 14.4. The molecular weight excluding hydrogens is 338 g/mol. The Bertz CT molecular complexity index is 379. The van der Waals surface area contributed by atoms with Crippen molar-refractivity contribution in [2.75, 3.05) is 52.4 Å². The second kappa shape index (κ2) is 15.4. The molecule has 0 bridgehead atoms. The Morgan fingerprint density at radius 3 is 2.04 bits per heavy atom. The van der Waals surface area contributed by atoms with Gasteiger partial charge in [-0.1, -0.05) is 0 Å². The summed E-state index contributed by atoms with van der Waals surface area (Å²) in [6.45, 7) is 4.26. The third-order valence-corrected chi connectivity index (χ3v) is 3.77. The van der Waals surface area contributed by atoms with Crippen molar-refractivity contribution < 1.29 is 33.7 Å². The van der Waals surface area contributed by atoms with Gasteiger partial charge in [0.2, 0.25) is 5.91 Å². The highest BCUT2D eigenvalue weighted by Gasteiger charge is 2.19. The van der Waals surface area contributed by atoms with Crippen LogP contribution in [0.4, 0.5) is 0 Å². The molecule has 0 rings (SSSR count). The summed E-state index contributed by atoms with van der Waals surface area (Å²) in [7, 11) is 0. The second-order valence-electron chi connectivity index (χ2n) is 4.90. The molecule has 1 atom stereocenters. The van der Waals surface area contributed by atoms with Crippen LogP contribution in [0.3, 0.4) is 0 Å². The lowest BCUT2D eigenvalue weighted by molar-refractivity contribution is -0.138. The number of carboxylic acid groups (broad SMARTS) is 1. The van der Waals surface area contributed by atoms with Crippen LogP contribution in [-0.2, 0) is 28.6 Å². The van der Waals surface area contributed by atoms with Crippen LogP contribution in [0.5, 0.6) is 0 Å². The highest BCUT2D eigenvalue weighted by molar-refractivity contribution is 7.99. The molecule has 24 heavy (non-hydrogen) atoms. The first kappa shape index (κ1) is 22.8. The maximum Gasteiger partial charge on any atom is 0.305 e. The first-order valence-electron chi connectivity index (χ1n) is 7.72. The van der Waals surface area contributed by atoms with E-state index >= 15 is 0 Å². The maximum atomic E-state index is 11.7. The van der Waals surface area contributed by atoms with Gasteiger partial charge < -0.3 is 24.6 Å². The average Bonchev–Trinajstić information content (AvgIpc) is 2.52. The number of amides is 1. The number of nitrogens with one attached hydrogen (secondary N) is 1. The molecule has 0 aliphatic rings. The number of carbonyl (C=O) groups is 3. The largest absolute Gasteiger partial charge is 0.481 e. The molecule has 8 nitrogen and oxygen atoms in total. The first-order chi connectivity index (χ1) is 11.5. The van der Waals surface area contributed by atoms with Crippen molar-refractivity contribution in [1.82, 2.24) is 5.32 Å². The number of hydrogen-bond donors (Lipinski definition) is 2. The maximum absolute atomic E-state index is 11.7. The van der Waals surface area contributed by atoms with Gasteiger partial charge in [-0.15, -0.1) is 0 Å². The highest BCUT2D eigenvalue weighted by Crippen LogP contribution is 2.10. The van der Waals surface area contributed by atoms with E-state index in [1.165, 1.54) is 18.7 Å². The molecule has 0 aromatic heterocycles. The van der Waals surface area contributed by atoms with Gasteiger partial charge in [-0.3, -0.25) is 14.4 Å². The van der Waals surface area contributed by atoms with Gasteiger partial charge in [-0.2, -0.15) is 11.8 Å². The number of carboxylic acids is 1. The average molecular weight is 365 g/mol. The number of Topliss-reactive ketones (excluding diaryl/α,β-unsaturated/α-hetero) is 1. The molecule has 0 spiro atoms. The molecule has 9 heteroatoms. The van der Waals surface area contributed by atoms with Crippen LogP contribution in [0.2, 0.25) is 0 Å². The molecule has 0 fully saturated rings. The number of thioether (sulfide) groups is 1. The Morgan fingerprint density at radius 1 is 1.00 bits per heavy atom. The van der Waals surface area contributed by atoms with Crippen LogP contribution < -0.4 is 5.32 Å². The number of carbonyl (C=O) groups excluding carboxylic acids is 2.